The van der Waals surface area contributed by atoms with Crippen LogP contribution in [0.3, 0.4) is 0 Å². The van der Waals surface area contributed by atoms with Gasteiger partial charge >= 0.3 is 0 Å². The molecule has 1 heterocycles. The fourth-order valence-electron chi connectivity index (χ4n) is 1.22. The first-order valence-corrected chi connectivity index (χ1v) is 3.41. The van der Waals surface area contributed by atoms with Gasteiger partial charge in [-0.15, -0.1) is 0 Å². The standard InChI is InChI=1S/C9H7FO/c1-6-9-7(5-11-6)3-2-4-8(9)10/h2-5H,1H3. The molecular formula is C9H7FO. The number of aryl methyl sites for hydroxylation is 1. The fourth-order valence-corrected chi connectivity index (χ4v) is 1.22. The Morgan fingerprint density at radius 3 is 2.91 bits per heavy atom. The minimum atomic E-state index is -0.214. The van der Waals surface area contributed by atoms with Crippen LogP contribution in [-0.4, -0.2) is 0 Å². The third-order valence-corrected chi connectivity index (χ3v) is 1.76. The summed E-state index contributed by atoms with van der Waals surface area (Å²) in [5.41, 5.74) is 0. The Labute approximate surface area is 63.4 Å². The number of hydrogen-bond donors (Lipinski definition) is 0. The number of benzene rings is 1. The van der Waals surface area contributed by atoms with E-state index in [2.05, 4.69) is 0 Å². The van der Waals surface area contributed by atoms with E-state index >= 15 is 0 Å². The molecule has 0 saturated carbocycles. The van der Waals surface area contributed by atoms with Crippen molar-refractivity contribution in [2.45, 2.75) is 6.92 Å². The average Bonchev–Trinajstić information content (AvgIpc) is 2.34. The molecule has 0 aliphatic heterocycles. The van der Waals surface area contributed by atoms with Gasteiger partial charge in [-0.2, -0.15) is 0 Å². The molecule has 1 aromatic carbocycles. The molecule has 0 aliphatic rings. The van der Waals surface area contributed by atoms with Crippen molar-refractivity contribution >= 4 is 10.8 Å². The zero-order valence-corrected chi connectivity index (χ0v) is 6.10. The summed E-state index contributed by atoms with van der Waals surface area (Å²) in [6, 6.07) is 4.94. The van der Waals surface area contributed by atoms with Crippen molar-refractivity contribution in [2.24, 2.45) is 0 Å². The molecule has 0 unspecified atom stereocenters. The summed E-state index contributed by atoms with van der Waals surface area (Å²) >= 11 is 0. The molecule has 2 rings (SSSR count). The summed E-state index contributed by atoms with van der Waals surface area (Å²) in [5, 5.41) is 1.41. The second-order valence-corrected chi connectivity index (χ2v) is 2.50. The monoisotopic (exact) mass is 150 g/mol. The summed E-state index contributed by atoms with van der Waals surface area (Å²) in [6.07, 6.45) is 1.56. The molecule has 0 bridgehead atoms. The predicted octanol–water partition coefficient (Wildman–Crippen LogP) is 2.88. The van der Waals surface area contributed by atoms with Crippen LogP contribution in [0, 0.1) is 12.7 Å². The lowest BCUT2D eigenvalue weighted by molar-refractivity contribution is 0.537. The van der Waals surface area contributed by atoms with Gasteiger partial charge in [-0.25, -0.2) is 4.39 Å². The zero-order valence-electron chi connectivity index (χ0n) is 6.10. The molecule has 0 fully saturated rings. The van der Waals surface area contributed by atoms with Crippen molar-refractivity contribution in [1.29, 1.82) is 0 Å². The first-order chi connectivity index (χ1) is 5.29. The highest BCUT2D eigenvalue weighted by molar-refractivity contribution is 5.84. The van der Waals surface area contributed by atoms with Crippen molar-refractivity contribution in [3.05, 3.63) is 36.0 Å². The van der Waals surface area contributed by atoms with E-state index in [-0.39, 0.29) is 5.82 Å². The summed E-state index contributed by atoms with van der Waals surface area (Å²) in [6.45, 7) is 1.76. The van der Waals surface area contributed by atoms with Crippen molar-refractivity contribution in [2.75, 3.05) is 0 Å². The molecule has 11 heavy (non-hydrogen) atoms. The molecule has 0 atom stereocenters. The number of fused-ring (bicyclic) bond motifs is 1. The molecule has 1 aromatic heterocycles. The van der Waals surface area contributed by atoms with Gasteiger partial charge in [-0.3, -0.25) is 0 Å². The molecule has 2 aromatic rings. The maximum Gasteiger partial charge on any atom is 0.134 e. The van der Waals surface area contributed by atoms with Crippen LogP contribution in [0.1, 0.15) is 5.76 Å². The third-order valence-electron chi connectivity index (χ3n) is 1.76. The zero-order chi connectivity index (χ0) is 7.84. The second kappa shape index (κ2) is 2.09. The molecule has 0 aliphatic carbocycles. The van der Waals surface area contributed by atoms with Crippen molar-refractivity contribution in [3.63, 3.8) is 0 Å². The Balaban J connectivity index is 2.96. The molecule has 0 amide bonds. The van der Waals surface area contributed by atoms with E-state index in [4.69, 9.17) is 4.42 Å². The highest BCUT2D eigenvalue weighted by Gasteiger charge is 2.05. The van der Waals surface area contributed by atoms with Gasteiger partial charge in [0.25, 0.3) is 0 Å². The molecular weight excluding hydrogens is 143 g/mol. The highest BCUT2D eigenvalue weighted by Crippen LogP contribution is 2.22. The van der Waals surface area contributed by atoms with E-state index < -0.39 is 0 Å². The highest BCUT2D eigenvalue weighted by atomic mass is 19.1. The maximum atomic E-state index is 13.0. The number of rotatable bonds is 0. The predicted molar refractivity (Wildman–Crippen MR) is 40.9 cm³/mol. The largest absolute Gasteiger partial charge is 0.468 e. The van der Waals surface area contributed by atoms with Crippen molar-refractivity contribution in [3.8, 4) is 0 Å². The van der Waals surface area contributed by atoms with Gasteiger partial charge in [0, 0.05) is 5.39 Å². The maximum absolute atomic E-state index is 13.0. The van der Waals surface area contributed by atoms with Crippen LogP contribution in [-0.2, 0) is 0 Å². The molecule has 0 N–H and O–H groups in total. The Morgan fingerprint density at radius 2 is 2.18 bits per heavy atom. The van der Waals surface area contributed by atoms with E-state index in [1.165, 1.54) is 6.07 Å². The lowest BCUT2D eigenvalue weighted by Crippen LogP contribution is -1.75. The van der Waals surface area contributed by atoms with Crippen molar-refractivity contribution in [1.82, 2.24) is 0 Å². The Hall–Kier alpha value is -1.31. The first kappa shape index (κ1) is 6.40. The molecule has 0 spiro atoms. The molecule has 1 nitrogen and oxygen atoms in total. The van der Waals surface area contributed by atoms with Gasteiger partial charge in [0.15, 0.2) is 0 Å². The van der Waals surface area contributed by atoms with E-state index in [1.807, 2.05) is 6.07 Å². The van der Waals surface area contributed by atoms with Gasteiger partial charge in [-0.05, 0) is 13.0 Å². The van der Waals surface area contributed by atoms with Crippen LogP contribution in [0.25, 0.3) is 10.8 Å². The van der Waals surface area contributed by atoms with E-state index in [0.717, 1.165) is 5.39 Å². The minimum absolute atomic E-state index is 0.214. The Bertz CT molecular complexity index is 389. The van der Waals surface area contributed by atoms with Crippen LogP contribution in [0.4, 0.5) is 4.39 Å². The lowest BCUT2D eigenvalue weighted by atomic mass is 10.2. The third kappa shape index (κ3) is 0.827. The van der Waals surface area contributed by atoms with Crippen LogP contribution < -0.4 is 0 Å². The first-order valence-electron chi connectivity index (χ1n) is 3.41. The number of halogens is 1. The normalized spacial score (nSPS) is 10.7. The van der Waals surface area contributed by atoms with Crippen LogP contribution in [0.5, 0.6) is 0 Å². The summed E-state index contributed by atoms with van der Waals surface area (Å²) in [5.74, 6) is 0.423. The van der Waals surface area contributed by atoms with Crippen LogP contribution in [0.2, 0.25) is 0 Å². The molecule has 56 valence electrons. The summed E-state index contributed by atoms with van der Waals surface area (Å²) in [7, 11) is 0. The summed E-state index contributed by atoms with van der Waals surface area (Å²) in [4.78, 5) is 0. The Kier molecular flexibility index (Phi) is 1.22. The van der Waals surface area contributed by atoms with Crippen molar-refractivity contribution < 1.29 is 8.81 Å². The topological polar surface area (TPSA) is 13.1 Å². The van der Waals surface area contributed by atoms with Gasteiger partial charge in [0.05, 0.1) is 11.6 Å². The lowest BCUT2D eigenvalue weighted by Gasteiger charge is -1.90. The smallest absolute Gasteiger partial charge is 0.134 e. The molecule has 0 radical (unpaired) electrons. The minimum Gasteiger partial charge on any atom is -0.468 e. The van der Waals surface area contributed by atoms with Gasteiger partial charge in [0.2, 0.25) is 0 Å². The number of hydrogen-bond acceptors (Lipinski definition) is 1. The molecule has 0 saturated heterocycles. The van der Waals surface area contributed by atoms with E-state index in [1.54, 1.807) is 19.3 Å². The van der Waals surface area contributed by atoms with Crippen LogP contribution in [0.15, 0.2) is 28.9 Å². The van der Waals surface area contributed by atoms with Gasteiger partial charge in [-0.1, -0.05) is 12.1 Å². The average molecular weight is 150 g/mol. The Morgan fingerprint density at radius 1 is 1.36 bits per heavy atom. The fraction of sp³-hybridized carbons (Fsp3) is 0.111. The quantitative estimate of drug-likeness (QED) is 0.562. The number of furan rings is 1. The molecule has 2 heteroatoms. The summed E-state index contributed by atoms with van der Waals surface area (Å²) < 4.78 is 18.1. The van der Waals surface area contributed by atoms with E-state index in [0.29, 0.717) is 11.1 Å². The van der Waals surface area contributed by atoms with Gasteiger partial charge in [0.1, 0.15) is 11.6 Å². The second-order valence-electron chi connectivity index (χ2n) is 2.50. The SMILES string of the molecule is Cc1occ2cccc(F)c12. The van der Waals surface area contributed by atoms with E-state index in [9.17, 15) is 4.39 Å². The van der Waals surface area contributed by atoms with Crippen LogP contribution >= 0.6 is 0 Å². The van der Waals surface area contributed by atoms with Gasteiger partial charge < -0.3 is 4.42 Å².